The molecular weight excluding hydrogens is 186 g/mol. The van der Waals surface area contributed by atoms with Gasteiger partial charge in [-0.2, -0.15) is 0 Å². The molecule has 15 heavy (non-hydrogen) atoms. The third-order valence-corrected chi connectivity index (χ3v) is 3.20. The van der Waals surface area contributed by atoms with Crippen LogP contribution in [0.5, 0.6) is 0 Å². The molecule has 2 N–H and O–H groups in total. The van der Waals surface area contributed by atoms with E-state index < -0.39 is 5.60 Å². The SMILES string of the molecule is CC(O)(CC1CCCN1)c1ccccc1. The first-order valence-corrected chi connectivity index (χ1v) is 5.70. The maximum absolute atomic E-state index is 10.4. The predicted molar refractivity (Wildman–Crippen MR) is 61.7 cm³/mol. The van der Waals surface area contributed by atoms with E-state index in [4.69, 9.17) is 0 Å². The van der Waals surface area contributed by atoms with Crippen molar-refractivity contribution in [3.8, 4) is 0 Å². The van der Waals surface area contributed by atoms with Crippen molar-refractivity contribution in [2.45, 2.75) is 37.8 Å². The van der Waals surface area contributed by atoms with Crippen LogP contribution in [0.25, 0.3) is 0 Å². The van der Waals surface area contributed by atoms with Gasteiger partial charge in [0, 0.05) is 6.04 Å². The zero-order valence-corrected chi connectivity index (χ0v) is 9.24. The van der Waals surface area contributed by atoms with Crippen molar-refractivity contribution in [2.24, 2.45) is 0 Å². The molecule has 1 aliphatic rings. The van der Waals surface area contributed by atoms with Crippen LogP contribution in [0.2, 0.25) is 0 Å². The summed E-state index contributed by atoms with van der Waals surface area (Å²) in [5, 5.41) is 13.8. The fourth-order valence-electron chi connectivity index (χ4n) is 2.33. The van der Waals surface area contributed by atoms with Gasteiger partial charge in [-0.15, -0.1) is 0 Å². The minimum absolute atomic E-state index is 0.472. The van der Waals surface area contributed by atoms with Crippen molar-refractivity contribution < 1.29 is 5.11 Å². The first-order valence-electron chi connectivity index (χ1n) is 5.70. The minimum atomic E-state index is -0.705. The fourth-order valence-corrected chi connectivity index (χ4v) is 2.33. The second kappa shape index (κ2) is 4.33. The number of hydrogen-bond acceptors (Lipinski definition) is 2. The van der Waals surface area contributed by atoms with Gasteiger partial charge in [0.25, 0.3) is 0 Å². The van der Waals surface area contributed by atoms with Crippen molar-refractivity contribution in [3.05, 3.63) is 35.9 Å². The molecule has 2 nitrogen and oxygen atoms in total. The second-order valence-corrected chi connectivity index (χ2v) is 4.64. The Labute approximate surface area is 91.3 Å². The van der Waals surface area contributed by atoms with E-state index >= 15 is 0 Å². The summed E-state index contributed by atoms with van der Waals surface area (Å²) in [7, 11) is 0. The van der Waals surface area contributed by atoms with E-state index in [0.29, 0.717) is 6.04 Å². The van der Waals surface area contributed by atoms with Gasteiger partial charge in [-0.1, -0.05) is 30.3 Å². The van der Waals surface area contributed by atoms with Crippen LogP contribution in [0.1, 0.15) is 31.7 Å². The lowest BCUT2D eigenvalue weighted by Crippen LogP contribution is -2.32. The highest BCUT2D eigenvalue weighted by Gasteiger charge is 2.28. The average molecular weight is 205 g/mol. The first-order chi connectivity index (χ1) is 7.18. The molecule has 0 aliphatic carbocycles. The zero-order chi connectivity index (χ0) is 10.7. The molecule has 0 aromatic heterocycles. The quantitative estimate of drug-likeness (QED) is 0.791. The molecule has 82 valence electrons. The van der Waals surface area contributed by atoms with Crippen molar-refractivity contribution in [1.82, 2.24) is 5.32 Å². The first kappa shape index (κ1) is 10.7. The lowest BCUT2D eigenvalue weighted by Gasteiger charge is -2.27. The lowest BCUT2D eigenvalue weighted by atomic mass is 9.89. The smallest absolute Gasteiger partial charge is 0.0883 e. The van der Waals surface area contributed by atoms with E-state index in [1.165, 1.54) is 12.8 Å². The molecule has 1 fully saturated rings. The minimum Gasteiger partial charge on any atom is -0.385 e. The van der Waals surface area contributed by atoms with Crippen molar-refractivity contribution >= 4 is 0 Å². The molecule has 1 aliphatic heterocycles. The molecule has 0 bridgehead atoms. The summed E-state index contributed by atoms with van der Waals surface area (Å²) >= 11 is 0. The number of benzene rings is 1. The molecule has 2 heteroatoms. The van der Waals surface area contributed by atoms with Gasteiger partial charge in [0.1, 0.15) is 0 Å². The number of nitrogens with one attached hydrogen (secondary N) is 1. The molecular formula is C13H19NO. The summed E-state index contributed by atoms with van der Waals surface area (Å²) in [6, 6.07) is 10.4. The van der Waals surface area contributed by atoms with Crippen LogP contribution in [0.3, 0.4) is 0 Å². The van der Waals surface area contributed by atoms with Crippen LogP contribution in [-0.2, 0) is 5.60 Å². The maximum Gasteiger partial charge on any atom is 0.0883 e. The van der Waals surface area contributed by atoms with Crippen LogP contribution in [0.15, 0.2) is 30.3 Å². The van der Waals surface area contributed by atoms with Gasteiger partial charge in [-0.25, -0.2) is 0 Å². The summed E-state index contributed by atoms with van der Waals surface area (Å²) in [4.78, 5) is 0. The Morgan fingerprint density at radius 1 is 1.40 bits per heavy atom. The number of hydrogen-bond donors (Lipinski definition) is 2. The Balaban J connectivity index is 2.05. The van der Waals surface area contributed by atoms with Crippen LogP contribution >= 0.6 is 0 Å². The highest BCUT2D eigenvalue weighted by atomic mass is 16.3. The van der Waals surface area contributed by atoms with Gasteiger partial charge in [0.2, 0.25) is 0 Å². The van der Waals surface area contributed by atoms with Gasteiger partial charge in [0.05, 0.1) is 5.60 Å². The van der Waals surface area contributed by atoms with Crippen LogP contribution in [-0.4, -0.2) is 17.7 Å². The van der Waals surface area contributed by atoms with E-state index in [1.54, 1.807) is 0 Å². The van der Waals surface area contributed by atoms with E-state index in [2.05, 4.69) is 5.32 Å². The van der Waals surface area contributed by atoms with Gasteiger partial charge < -0.3 is 10.4 Å². The summed E-state index contributed by atoms with van der Waals surface area (Å²) in [6.45, 7) is 3.00. The van der Waals surface area contributed by atoms with Gasteiger partial charge in [-0.3, -0.25) is 0 Å². The molecule has 0 spiro atoms. The second-order valence-electron chi connectivity index (χ2n) is 4.64. The summed E-state index contributed by atoms with van der Waals surface area (Å²) in [5.74, 6) is 0. The van der Waals surface area contributed by atoms with Crippen molar-refractivity contribution in [2.75, 3.05) is 6.54 Å². The Hall–Kier alpha value is -0.860. The lowest BCUT2D eigenvalue weighted by molar-refractivity contribution is 0.0385. The highest BCUT2D eigenvalue weighted by molar-refractivity contribution is 5.21. The highest BCUT2D eigenvalue weighted by Crippen LogP contribution is 2.27. The Morgan fingerprint density at radius 3 is 2.73 bits per heavy atom. The number of aliphatic hydroxyl groups is 1. The molecule has 2 unspecified atom stereocenters. The van der Waals surface area contributed by atoms with Crippen molar-refractivity contribution in [3.63, 3.8) is 0 Å². The van der Waals surface area contributed by atoms with Gasteiger partial charge >= 0.3 is 0 Å². The maximum atomic E-state index is 10.4. The fraction of sp³-hybridized carbons (Fsp3) is 0.538. The molecule has 2 rings (SSSR count). The number of rotatable bonds is 3. The predicted octanol–water partition coefficient (Wildman–Crippen LogP) is 2.04. The molecule has 1 heterocycles. The topological polar surface area (TPSA) is 32.3 Å². The van der Waals surface area contributed by atoms with Gasteiger partial charge in [-0.05, 0) is 38.3 Å². The largest absolute Gasteiger partial charge is 0.385 e. The van der Waals surface area contributed by atoms with E-state index in [-0.39, 0.29) is 0 Å². The molecule has 1 aromatic rings. The zero-order valence-electron chi connectivity index (χ0n) is 9.24. The third kappa shape index (κ3) is 2.58. The average Bonchev–Trinajstić information content (AvgIpc) is 2.71. The molecule has 0 radical (unpaired) electrons. The molecule has 0 saturated carbocycles. The van der Waals surface area contributed by atoms with Crippen LogP contribution in [0, 0.1) is 0 Å². The molecule has 2 atom stereocenters. The Morgan fingerprint density at radius 2 is 2.13 bits per heavy atom. The summed E-state index contributed by atoms with van der Waals surface area (Å²) < 4.78 is 0. The Kier molecular flexibility index (Phi) is 3.08. The van der Waals surface area contributed by atoms with E-state index in [0.717, 1.165) is 18.5 Å². The molecule has 0 amide bonds. The molecule has 1 aromatic carbocycles. The van der Waals surface area contributed by atoms with E-state index in [1.807, 2.05) is 37.3 Å². The van der Waals surface area contributed by atoms with Crippen molar-refractivity contribution in [1.29, 1.82) is 0 Å². The van der Waals surface area contributed by atoms with Gasteiger partial charge in [0.15, 0.2) is 0 Å². The third-order valence-electron chi connectivity index (χ3n) is 3.20. The Bertz CT molecular complexity index is 302. The van der Waals surface area contributed by atoms with E-state index in [9.17, 15) is 5.11 Å². The summed E-state index contributed by atoms with van der Waals surface area (Å²) in [5.41, 5.74) is 0.308. The van der Waals surface area contributed by atoms with Crippen LogP contribution in [0.4, 0.5) is 0 Å². The normalized spacial score (nSPS) is 25.1. The summed E-state index contributed by atoms with van der Waals surface area (Å²) in [6.07, 6.45) is 3.22. The van der Waals surface area contributed by atoms with Crippen LogP contribution < -0.4 is 5.32 Å². The standard InChI is InChI=1S/C13H19NO/c1-13(15,10-12-8-5-9-14-12)11-6-3-2-4-7-11/h2-4,6-7,12,14-15H,5,8-10H2,1H3. The monoisotopic (exact) mass is 205 g/mol. The molecule has 1 saturated heterocycles.